The van der Waals surface area contributed by atoms with E-state index in [9.17, 15) is 18.0 Å². The predicted molar refractivity (Wildman–Crippen MR) is 128 cm³/mol. The van der Waals surface area contributed by atoms with Crippen molar-refractivity contribution in [3.05, 3.63) is 64.7 Å². The van der Waals surface area contributed by atoms with Gasteiger partial charge >= 0.3 is 0 Å². The van der Waals surface area contributed by atoms with E-state index in [1.807, 2.05) is 25.1 Å². The zero-order chi connectivity index (χ0) is 23.9. The molecule has 7 nitrogen and oxygen atoms in total. The number of nitrogens with one attached hydrogen (secondary N) is 1. The number of halogens is 1. The van der Waals surface area contributed by atoms with E-state index >= 15 is 0 Å². The molecule has 2 aromatic rings. The number of benzene rings is 2. The standard InChI is InChI=1S/C23H30ClN3O4S/c1-17-10-12-21(13-11-17)27(32(4,30)31)14-6-9-22(28)26(18(2)23(29)25-3)16-19-7-5-8-20(24)15-19/h5,7-8,10-13,15,18H,6,9,14,16H2,1-4H3,(H,25,29)/t18-/m1/s1. The number of carbonyl (C=O) groups excluding carboxylic acids is 2. The first-order valence-corrected chi connectivity index (χ1v) is 12.6. The molecule has 1 N–H and O–H groups in total. The Kier molecular flexibility index (Phi) is 9.09. The van der Waals surface area contributed by atoms with Crippen molar-refractivity contribution in [2.24, 2.45) is 0 Å². The first-order valence-electron chi connectivity index (χ1n) is 10.3. The number of rotatable bonds is 10. The fraction of sp³-hybridized carbons (Fsp3) is 0.391. The molecule has 0 aliphatic carbocycles. The van der Waals surface area contributed by atoms with Crippen molar-refractivity contribution in [1.82, 2.24) is 10.2 Å². The van der Waals surface area contributed by atoms with Crippen LogP contribution in [0, 0.1) is 6.92 Å². The van der Waals surface area contributed by atoms with E-state index in [0.717, 1.165) is 17.4 Å². The zero-order valence-electron chi connectivity index (χ0n) is 18.8. The Bertz CT molecular complexity index is 1040. The largest absolute Gasteiger partial charge is 0.357 e. The smallest absolute Gasteiger partial charge is 0.242 e. The molecular weight excluding hydrogens is 450 g/mol. The Morgan fingerprint density at radius 2 is 1.78 bits per heavy atom. The lowest BCUT2D eigenvalue weighted by atomic mass is 10.1. The lowest BCUT2D eigenvalue weighted by molar-refractivity contribution is -0.140. The number of nitrogens with zero attached hydrogens (tertiary/aromatic N) is 2. The van der Waals surface area contributed by atoms with Crippen molar-refractivity contribution in [2.45, 2.75) is 39.3 Å². The third-order valence-electron chi connectivity index (χ3n) is 5.13. The molecule has 0 radical (unpaired) electrons. The highest BCUT2D eigenvalue weighted by Crippen LogP contribution is 2.20. The van der Waals surface area contributed by atoms with Crippen LogP contribution in [-0.2, 0) is 26.2 Å². The van der Waals surface area contributed by atoms with E-state index in [2.05, 4.69) is 5.32 Å². The summed E-state index contributed by atoms with van der Waals surface area (Å²) in [5, 5.41) is 3.12. The van der Waals surface area contributed by atoms with Gasteiger partial charge in [0.2, 0.25) is 21.8 Å². The quantitative estimate of drug-likeness (QED) is 0.566. The van der Waals surface area contributed by atoms with E-state index in [-0.39, 0.29) is 31.3 Å². The third-order valence-corrected chi connectivity index (χ3v) is 6.56. The highest BCUT2D eigenvalue weighted by atomic mass is 35.5. The molecule has 0 saturated heterocycles. The highest BCUT2D eigenvalue weighted by molar-refractivity contribution is 7.92. The molecule has 9 heteroatoms. The topological polar surface area (TPSA) is 86.8 Å². The number of amides is 2. The van der Waals surface area contributed by atoms with Crippen LogP contribution in [-0.4, -0.2) is 51.0 Å². The maximum Gasteiger partial charge on any atom is 0.242 e. The summed E-state index contributed by atoms with van der Waals surface area (Å²) in [4.78, 5) is 26.8. The summed E-state index contributed by atoms with van der Waals surface area (Å²) in [5.41, 5.74) is 2.39. The Balaban J connectivity index is 2.13. The third kappa shape index (κ3) is 7.24. The number of anilines is 1. The summed E-state index contributed by atoms with van der Waals surface area (Å²) >= 11 is 6.06. The van der Waals surface area contributed by atoms with Gasteiger partial charge in [0.15, 0.2) is 0 Å². The van der Waals surface area contributed by atoms with Gasteiger partial charge in [0.05, 0.1) is 11.9 Å². The molecule has 0 unspecified atom stereocenters. The van der Waals surface area contributed by atoms with Crippen LogP contribution in [0.15, 0.2) is 48.5 Å². The van der Waals surface area contributed by atoms with Crippen LogP contribution < -0.4 is 9.62 Å². The van der Waals surface area contributed by atoms with Crippen molar-refractivity contribution < 1.29 is 18.0 Å². The first-order chi connectivity index (χ1) is 15.0. The van der Waals surface area contributed by atoms with Gasteiger partial charge in [-0.15, -0.1) is 0 Å². The number of hydrogen-bond donors (Lipinski definition) is 1. The van der Waals surface area contributed by atoms with Crippen molar-refractivity contribution in [2.75, 3.05) is 24.2 Å². The predicted octanol–water partition coefficient (Wildman–Crippen LogP) is 3.36. The number of likely N-dealkylation sites (N-methyl/N-ethyl adjacent to an activating group) is 1. The van der Waals surface area contributed by atoms with Gasteiger partial charge in [-0.3, -0.25) is 13.9 Å². The molecule has 2 rings (SSSR count). The van der Waals surface area contributed by atoms with Gasteiger partial charge in [0.1, 0.15) is 6.04 Å². The Labute approximate surface area is 195 Å². The fourth-order valence-electron chi connectivity index (χ4n) is 3.34. The molecule has 0 bridgehead atoms. The normalized spacial score (nSPS) is 12.2. The summed E-state index contributed by atoms with van der Waals surface area (Å²) in [6, 6.07) is 13.6. The van der Waals surface area contributed by atoms with E-state index < -0.39 is 16.1 Å². The average Bonchev–Trinajstić information content (AvgIpc) is 2.74. The van der Waals surface area contributed by atoms with Gasteiger partial charge in [-0.2, -0.15) is 0 Å². The second kappa shape index (κ2) is 11.3. The SMILES string of the molecule is CNC(=O)[C@@H](C)N(Cc1cccc(Cl)c1)C(=O)CCCN(c1ccc(C)cc1)S(C)(=O)=O. The maximum atomic E-state index is 13.1. The van der Waals surface area contributed by atoms with Crippen molar-refractivity contribution in [3.63, 3.8) is 0 Å². The lowest BCUT2D eigenvalue weighted by Gasteiger charge is -2.29. The molecule has 2 amide bonds. The van der Waals surface area contributed by atoms with Crippen LogP contribution in [0.5, 0.6) is 0 Å². The molecule has 0 aromatic heterocycles. The maximum absolute atomic E-state index is 13.1. The Morgan fingerprint density at radius 3 is 2.34 bits per heavy atom. The molecule has 0 heterocycles. The van der Waals surface area contributed by atoms with Crippen LogP contribution in [0.1, 0.15) is 30.9 Å². The van der Waals surface area contributed by atoms with E-state index in [1.165, 1.54) is 16.3 Å². The van der Waals surface area contributed by atoms with Crippen LogP contribution in [0.4, 0.5) is 5.69 Å². The molecule has 0 aliphatic rings. The van der Waals surface area contributed by atoms with E-state index in [1.54, 1.807) is 37.3 Å². The second-order valence-electron chi connectivity index (χ2n) is 7.72. The molecule has 32 heavy (non-hydrogen) atoms. The molecule has 174 valence electrons. The van der Waals surface area contributed by atoms with Gasteiger partial charge in [0, 0.05) is 31.6 Å². The van der Waals surface area contributed by atoms with E-state index in [4.69, 9.17) is 11.6 Å². The second-order valence-corrected chi connectivity index (χ2v) is 10.1. The average molecular weight is 480 g/mol. The summed E-state index contributed by atoms with van der Waals surface area (Å²) in [6.45, 7) is 3.97. The van der Waals surface area contributed by atoms with Gasteiger partial charge in [-0.25, -0.2) is 8.42 Å². The molecule has 0 saturated carbocycles. The van der Waals surface area contributed by atoms with Crippen LogP contribution in [0.25, 0.3) is 0 Å². The lowest BCUT2D eigenvalue weighted by Crippen LogP contribution is -2.46. The minimum atomic E-state index is -3.51. The first kappa shape index (κ1) is 25.7. The Hall–Kier alpha value is -2.58. The summed E-state index contributed by atoms with van der Waals surface area (Å²) in [6.07, 6.45) is 1.56. The summed E-state index contributed by atoms with van der Waals surface area (Å²) < 4.78 is 25.9. The number of aryl methyl sites for hydroxylation is 1. The zero-order valence-corrected chi connectivity index (χ0v) is 20.4. The highest BCUT2D eigenvalue weighted by Gasteiger charge is 2.26. The van der Waals surface area contributed by atoms with Crippen LogP contribution in [0.3, 0.4) is 0 Å². The molecule has 0 fully saturated rings. The van der Waals surface area contributed by atoms with Crippen molar-refractivity contribution in [1.29, 1.82) is 0 Å². The molecule has 2 aromatic carbocycles. The number of hydrogen-bond acceptors (Lipinski definition) is 4. The Morgan fingerprint density at radius 1 is 1.12 bits per heavy atom. The molecular formula is C23H30ClN3O4S. The minimum Gasteiger partial charge on any atom is -0.357 e. The van der Waals surface area contributed by atoms with Crippen LogP contribution in [0.2, 0.25) is 5.02 Å². The van der Waals surface area contributed by atoms with Crippen molar-refractivity contribution >= 4 is 39.1 Å². The van der Waals surface area contributed by atoms with Gasteiger partial charge in [-0.05, 0) is 50.1 Å². The van der Waals surface area contributed by atoms with Gasteiger partial charge in [0.25, 0.3) is 0 Å². The molecule has 1 atom stereocenters. The number of sulfonamides is 1. The van der Waals surface area contributed by atoms with Gasteiger partial charge < -0.3 is 10.2 Å². The molecule has 0 aliphatic heterocycles. The van der Waals surface area contributed by atoms with Crippen LogP contribution >= 0.6 is 11.6 Å². The van der Waals surface area contributed by atoms with Gasteiger partial charge in [-0.1, -0.05) is 41.4 Å². The molecule has 0 spiro atoms. The minimum absolute atomic E-state index is 0.0970. The van der Waals surface area contributed by atoms with E-state index in [0.29, 0.717) is 17.1 Å². The summed E-state index contributed by atoms with van der Waals surface area (Å²) in [7, 11) is -1.99. The monoisotopic (exact) mass is 479 g/mol. The fourth-order valence-corrected chi connectivity index (χ4v) is 4.52. The summed E-state index contributed by atoms with van der Waals surface area (Å²) in [5.74, 6) is -0.517. The number of carbonyl (C=O) groups is 2. The van der Waals surface area contributed by atoms with Crippen molar-refractivity contribution in [3.8, 4) is 0 Å².